The number of allylic oxidation sites excluding steroid dienone is 1. The van der Waals surface area contributed by atoms with Crippen molar-refractivity contribution in [2.24, 2.45) is 23.5 Å². The van der Waals surface area contributed by atoms with E-state index in [1.165, 1.54) is 0 Å². The lowest BCUT2D eigenvalue weighted by Gasteiger charge is -2.40. The van der Waals surface area contributed by atoms with E-state index in [1.54, 1.807) is 0 Å². The lowest BCUT2D eigenvalue weighted by molar-refractivity contribution is -0.121. The smallest absolute Gasteiger partial charge is 0.236 e. The van der Waals surface area contributed by atoms with Gasteiger partial charge in [0.05, 0.1) is 23.5 Å². The monoisotopic (exact) mass is 498 g/mol. The van der Waals surface area contributed by atoms with E-state index in [4.69, 9.17) is 10.5 Å². The number of nitrogens with one attached hydrogen (secondary N) is 2. The molecule has 0 aromatic heterocycles. The fourth-order valence-corrected chi connectivity index (χ4v) is 10.8. The first-order chi connectivity index (χ1) is 15.5. The van der Waals surface area contributed by atoms with E-state index in [2.05, 4.69) is 22.5 Å². The van der Waals surface area contributed by atoms with Gasteiger partial charge in [-0.25, -0.2) is 0 Å². The Bertz CT molecular complexity index is 763. The molecule has 8 atom stereocenters. The Labute approximate surface area is 203 Å². The van der Waals surface area contributed by atoms with Crippen LogP contribution in [0.5, 0.6) is 0 Å². The van der Waals surface area contributed by atoms with Gasteiger partial charge in [0.1, 0.15) is 6.04 Å². The molecular weight excluding hydrogens is 464 g/mol. The Balaban J connectivity index is 1.29. The van der Waals surface area contributed by atoms with E-state index < -0.39 is 0 Å². The number of hydrogen-bond donors (Lipinski definition) is 3. The highest BCUT2D eigenvalue weighted by molar-refractivity contribution is 8.07. The Morgan fingerprint density at radius 1 is 1.22 bits per heavy atom. The molecule has 0 saturated carbocycles. The largest absolute Gasteiger partial charge is 0.378 e. The van der Waals surface area contributed by atoms with Gasteiger partial charge in [-0.3, -0.25) is 9.59 Å². The Hall–Kier alpha value is -0.390. The highest BCUT2D eigenvalue weighted by Gasteiger charge is 2.50. The van der Waals surface area contributed by atoms with E-state index in [9.17, 15) is 9.59 Å². The third kappa shape index (κ3) is 4.73. The summed E-state index contributed by atoms with van der Waals surface area (Å²) in [7, 11) is 0. The van der Waals surface area contributed by atoms with E-state index in [-0.39, 0.29) is 29.0 Å². The molecule has 178 valence electrons. The number of nitrogens with zero attached hydrogens (tertiary/aromatic N) is 1. The van der Waals surface area contributed by atoms with Crippen LogP contribution in [0.15, 0.2) is 11.1 Å². The first-order valence-corrected chi connectivity index (χ1v) is 14.8. The molecule has 0 aliphatic carbocycles. The van der Waals surface area contributed by atoms with Crippen LogP contribution >= 0.6 is 35.3 Å². The summed E-state index contributed by atoms with van der Waals surface area (Å²) in [5.74, 6) is 4.78. The molecule has 5 aliphatic rings. The minimum atomic E-state index is -0.301. The summed E-state index contributed by atoms with van der Waals surface area (Å²) in [6.07, 6.45) is 2.86. The summed E-state index contributed by atoms with van der Waals surface area (Å²) in [6.45, 7) is 6.27. The average Bonchev–Trinajstić information content (AvgIpc) is 3.41. The average molecular weight is 499 g/mol. The normalized spacial score (nSPS) is 42.6. The maximum absolute atomic E-state index is 13.0. The van der Waals surface area contributed by atoms with Crippen LogP contribution in [0.25, 0.3) is 0 Å². The molecule has 5 aliphatic heterocycles. The molecule has 4 saturated heterocycles. The van der Waals surface area contributed by atoms with Crippen molar-refractivity contribution in [3.8, 4) is 0 Å². The molecule has 7 nitrogen and oxygen atoms in total. The lowest BCUT2D eigenvalue weighted by atomic mass is 9.83. The van der Waals surface area contributed by atoms with Gasteiger partial charge in [-0.15, -0.1) is 23.5 Å². The summed E-state index contributed by atoms with van der Waals surface area (Å²) in [5, 5.41) is 8.76. The molecule has 0 radical (unpaired) electrons. The molecule has 4 fully saturated rings. The molecule has 5 rings (SSSR count). The summed E-state index contributed by atoms with van der Waals surface area (Å²) >= 11 is 5.78. The topological polar surface area (TPSA) is 96.7 Å². The standard InChI is InChI=1S/C22H34N4O3S3/c1-12-6-15(19(22(23)28)24-8-12)25-16-11-30-9-13(16)14-10-31-21-17(27)7-18(32-20(14)21)26-2-4-29-5-3-26/h7,12-16,19-21,24-25H,2-6,8-11H2,1H3,(H2,23,28). The molecule has 0 aromatic rings. The summed E-state index contributed by atoms with van der Waals surface area (Å²) in [4.78, 5) is 27.4. The van der Waals surface area contributed by atoms with Gasteiger partial charge in [0.15, 0.2) is 5.78 Å². The highest BCUT2D eigenvalue weighted by Crippen LogP contribution is 2.51. The zero-order chi connectivity index (χ0) is 22.2. The Morgan fingerprint density at radius 3 is 2.81 bits per heavy atom. The maximum atomic E-state index is 13.0. The fraction of sp³-hybridized carbons (Fsp3) is 0.818. The number of primary amides is 1. The van der Waals surface area contributed by atoms with Gasteiger partial charge in [-0.2, -0.15) is 11.8 Å². The van der Waals surface area contributed by atoms with Crippen molar-refractivity contribution in [3.63, 3.8) is 0 Å². The van der Waals surface area contributed by atoms with Crippen molar-refractivity contribution < 1.29 is 14.3 Å². The predicted molar refractivity (Wildman–Crippen MR) is 133 cm³/mol. The number of carbonyl (C=O) groups is 2. The summed E-state index contributed by atoms with van der Waals surface area (Å²) in [6, 6.07) is 0.137. The molecule has 5 heterocycles. The number of carbonyl (C=O) groups excluding carboxylic acids is 2. The quantitative estimate of drug-likeness (QED) is 0.507. The summed E-state index contributed by atoms with van der Waals surface area (Å²) in [5.41, 5.74) is 5.71. The summed E-state index contributed by atoms with van der Waals surface area (Å²) < 4.78 is 5.51. The van der Waals surface area contributed by atoms with Crippen molar-refractivity contribution in [3.05, 3.63) is 11.1 Å². The number of ketones is 1. The second-order valence-electron chi connectivity index (χ2n) is 9.69. The van der Waals surface area contributed by atoms with Gasteiger partial charge >= 0.3 is 0 Å². The van der Waals surface area contributed by atoms with Gasteiger partial charge in [0, 0.05) is 42.3 Å². The fourth-order valence-electron chi connectivity index (χ4n) is 5.74. The highest BCUT2D eigenvalue weighted by atomic mass is 32.2. The third-order valence-electron chi connectivity index (χ3n) is 7.47. The number of rotatable bonds is 5. The first-order valence-electron chi connectivity index (χ1n) is 11.7. The number of fused-ring (bicyclic) bond motifs is 1. The molecule has 0 aromatic carbocycles. The van der Waals surface area contributed by atoms with Gasteiger partial charge in [-0.1, -0.05) is 6.92 Å². The molecule has 0 spiro atoms. The number of ether oxygens (including phenoxy) is 1. The molecule has 8 unspecified atom stereocenters. The van der Waals surface area contributed by atoms with Gasteiger partial charge < -0.3 is 26.0 Å². The molecular formula is C22H34N4O3S3. The molecule has 1 amide bonds. The van der Waals surface area contributed by atoms with E-state index in [0.717, 1.165) is 61.6 Å². The Morgan fingerprint density at radius 2 is 2.03 bits per heavy atom. The van der Waals surface area contributed by atoms with Crippen LogP contribution in [0, 0.1) is 17.8 Å². The van der Waals surface area contributed by atoms with Crippen molar-refractivity contribution in [1.29, 1.82) is 0 Å². The minimum absolute atomic E-state index is 0.0794. The van der Waals surface area contributed by atoms with Crippen molar-refractivity contribution >= 4 is 47.0 Å². The van der Waals surface area contributed by atoms with E-state index in [0.29, 0.717) is 29.0 Å². The van der Waals surface area contributed by atoms with Crippen molar-refractivity contribution in [2.75, 3.05) is 50.1 Å². The zero-order valence-electron chi connectivity index (χ0n) is 18.5. The Kier molecular flexibility index (Phi) is 7.35. The SMILES string of the molecule is CC1CNC(C(N)=O)C(NC2CSCC2C2CSC3C(=O)C=C(N4CCOCC4)SC32)C1. The van der Waals surface area contributed by atoms with Gasteiger partial charge in [0.2, 0.25) is 5.91 Å². The predicted octanol–water partition coefficient (Wildman–Crippen LogP) is 0.749. The third-order valence-corrected chi connectivity index (χ3v) is 11.8. The molecule has 0 bridgehead atoms. The molecule has 10 heteroatoms. The van der Waals surface area contributed by atoms with Crippen molar-refractivity contribution in [1.82, 2.24) is 15.5 Å². The number of nitrogens with two attached hydrogens (primary N) is 1. The lowest BCUT2D eigenvalue weighted by Crippen LogP contribution is -2.62. The van der Waals surface area contributed by atoms with E-state index >= 15 is 0 Å². The number of piperidine rings is 1. The second kappa shape index (κ2) is 10.1. The van der Waals surface area contributed by atoms with Crippen LogP contribution < -0.4 is 16.4 Å². The van der Waals surface area contributed by atoms with Crippen LogP contribution in [-0.4, -0.2) is 95.3 Å². The molecule has 32 heavy (non-hydrogen) atoms. The number of amides is 1. The van der Waals surface area contributed by atoms with Crippen LogP contribution in [0.4, 0.5) is 0 Å². The van der Waals surface area contributed by atoms with Crippen LogP contribution in [0.1, 0.15) is 13.3 Å². The van der Waals surface area contributed by atoms with Crippen LogP contribution in [0.2, 0.25) is 0 Å². The van der Waals surface area contributed by atoms with Crippen LogP contribution in [0.3, 0.4) is 0 Å². The van der Waals surface area contributed by atoms with Crippen molar-refractivity contribution in [2.45, 2.75) is 42.0 Å². The van der Waals surface area contributed by atoms with Crippen LogP contribution in [-0.2, 0) is 14.3 Å². The first kappa shape index (κ1) is 23.4. The minimum Gasteiger partial charge on any atom is -0.378 e. The zero-order valence-corrected chi connectivity index (χ0v) is 21.0. The number of hydrogen-bond acceptors (Lipinski definition) is 9. The van der Waals surface area contributed by atoms with Gasteiger partial charge in [0.25, 0.3) is 0 Å². The number of morpholine rings is 1. The van der Waals surface area contributed by atoms with E-state index in [1.807, 2.05) is 41.4 Å². The second-order valence-corrected chi connectivity index (χ2v) is 13.1. The molecule has 4 N–H and O–H groups in total. The number of thioether (sulfide) groups is 3. The van der Waals surface area contributed by atoms with Gasteiger partial charge in [-0.05, 0) is 42.2 Å². The maximum Gasteiger partial charge on any atom is 0.236 e.